The van der Waals surface area contributed by atoms with Gasteiger partial charge in [0.15, 0.2) is 0 Å². The third kappa shape index (κ3) is 1.31. The van der Waals surface area contributed by atoms with Gasteiger partial charge in [-0.15, -0.1) is 0 Å². The lowest BCUT2D eigenvalue weighted by atomic mass is 9.44. The van der Waals surface area contributed by atoms with Crippen LogP contribution in [0.4, 0.5) is 0 Å². The normalized spacial score (nSPS) is 47.4. The summed E-state index contributed by atoms with van der Waals surface area (Å²) in [6, 6.07) is 10.7. The third-order valence-electron chi connectivity index (χ3n) is 7.68. The lowest BCUT2D eigenvalue weighted by molar-refractivity contribution is -0.151. The average molecular weight is 306 g/mol. The van der Waals surface area contributed by atoms with E-state index in [1.54, 1.807) is 0 Å². The first-order valence-electron chi connectivity index (χ1n) is 8.68. The quantitative estimate of drug-likeness (QED) is 0.902. The molecule has 3 bridgehead atoms. The molecule has 2 nitrogen and oxygen atoms in total. The number of carboxylic acids is 1. The minimum absolute atomic E-state index is 0.0861. The van der Waals surface area contributed by atoms with E-state index in [-0.39, 0.29) is 10.8 Å². The molecular formula is C21H22O2. The SMILES string of the molecule is C=C/C=C1/C2CC3(C(=O)O)CC4(c5ccccc5)CC1C4(C2)C3. The van der Waals surface area contributed by atoms with Crippen LogP contribution < -0.4 is 0 Å². The number of allylic oxidation sites excluding steroid dienone is 3. The zero-order chi connectivity index (χ0) is 15.9. The lowest BCUT2D eigenvalue weighted by Gasteiger charge is -2.59. The van der Waals surface area contributed by atoms with Crippen molar-refractivity contribution in [1.29, 1.82) is 0 Å². The molecule has 0 heterocycles. The predicted octanol–water partition coefficient (Wildman–Crippen LogP) is 4.33. The van der Waals surface area contributed by atoms with Crippen LogP contribution in [-0.4, -0.2) is 11.1 Å². The fourth-order valence-corrected chi connectivity index (χ4v) is 7.12. The molecule has 0 aliphatic heterocycles. The van der Waals surface area contributed by atoms with Gasteiger partial charge in [-0.25, -0.2) is 0 Å². The van der Waals surface area contributed by atoms with Crippen LogP contribution in [0.15, 0.2) is 54.6 Å². The van der Waals surface area contributed by atoms with Crippen LogP contribution in [0, 0.1) is 22.7 Å². The molecule has 5 rings (SSSR count). The number of fused-ring (bicyclic) bond motifs is 2. The van der Waals surface area contributed by atoms with Gasteiger partial charge in [-0.3, -0.25) is 4.79 Å². The molecule has 4 aliphatic carbocycles. The van der Waals surface area contributed by atoms with Gasteiger partial charge in [0.1, 0.15) is 0 Å². The van der Waals surface area contributed by atoms with Gasteiger partial charge in [0.2, 0.25) is 0 Å². The Bertz CT molecular complexity index is 748. The molecule has 4 fully saturated rings. The van der Waals surface area contributed by atoms with Crippen molar-refractivity contribution in [2.45, 2.75) is 37.5 Å². The Kier molecular flexibility index (Phi) is 2.35. The standard InChI is InChI=1S/C21H22O2/c1-2-6-16-14-9-19(18(22)23)12-20(15-7-4-3-5-8-15)11-17(16)21(20,10-14)13-19/h2-8,14,17H,1,9-13H2,(H,22,23)/b16-6-. The van der Waals surface area contributed by atoms with Crippen LogP contribution in [0.2, 0.25) is 0 Å². The molecule has 0 saturated heterocycles. The van der Waals surface area contributed by atoms with Crippen molar-refractivity contribution in [1.82, 2.24) is 0 Å². The molecular weight excluding hydrogens is 284 g/mol. The van der Waals surface area contributed by atoms with Crippen LogP contribution in [0.3, 0.4) is 0 Å². The fourth-order valence-electron chi connectivity index (χ4n) is 7.12. The van der Waals surface area contributed by atoms with Crippen LogP contribution >= 0.6 is 0 Å². The summed E-state index contributed by atoms with van der Waals surface area (Å²) in [5.74, 6) is 0.468. The van der Waals surface area contributed by atoms with E-state index in [0.29, 0.717) is 11.8 Å². The first-order chi connectivity index (χ1) is 11.1. The van der Waals surface area contributed by atoms with Gasteiger partial charge in [0.05, 0.1) is 5.41 Å². The molecule has 2 heteroatoms. The van der Waals surface area contributed by atoms with Crippen molar-refractivity contribution in [3.63, 3.8) is 0 Å². The Balaban J connectivity index is 1.72. The molecule has 5 unspecified atom stereocenters. The molecule has 0 aromatic heterocycles. The minimum Gasteiger partial charge on any atom is -0.481 e. The molecule has 4 aliphatic rings. The zero-order valence-corrected chi connectivity index (χ0v) is 13.3. The van der Waals surface area contributed by atoms with Gasteiger partial charge in [0.25, 0.3) is 0 Å². The molecule has 0 radical (unpaired) electrons. The van der Waals surface area contributed by atoms with E-state index in [4.69, 9.17) is 0 Å². The van der Waals surface area contributed by atoms with E-state index in [2.05, 4.69) is 43.0 Å². The smallest absolute Gasteiger partial charge is 0.309 e. The maximum Gasteiger partial charge on any atom is 0.309 e. The average Bonchev–Trinajstić information content (AvgIpc) is 2.82. The molecule has 1 spiro atoms. The first-order valence-corrected chi connectivity index (χ1v) is 8.68. The largest absolute Gasteiger partial charge is 0.481 e. The Hall–Kier alpha value is -1.83. The van der Waals surface area contributed by atoms with Crippen molar-refractivity contribution in [3.8, 4) is 0 Å². The molecule has 1 aromatic rings. The number of carboxylic acid groups (broad SMARTS) is 1. The van der Waals surface area contributed by atoms with E-state index < -0.39 is 11.4 Å². The van der Waals surface area contributed by atoms with Crippen LogP contribution in [0.25, 0.3) is 0 Å². The maximum atomic E-state index is 12.2. The summed E-state index contributed by atoms with van der Waals surface area (Å²) < 4.78 is 0. The molecule has 0 amide bonds. The number of carbonyl (C=O) groups is 1. The zero-order valence-electron chi connectivity index (χ0n) is 13.3. The highest BCUT2D eigenvalue weighted by atomic mass is 16.4. The molecule has 1 aromatic carbocycles. The van der Waals surface area contributed by atoms with Gasteiger partial charge in [-0.1, -0.05) is 54.6 Å². The number of aliphatic carboxylic acids is 1. The van der Waals surface area contributed by atoms with Crippen molar-refractivity contribution < 1.29 is 9.90 Å². The summed E-state index contributed by atoms with van der Waals surface area (Å²) in [5, 5.41) is 10.0. The molecule has 4 saturated carbocycles. The van der Waals surface area contributed by atoms with Crippen molar-refractivity contribution in [3.05, 3.63) is 60.2 Å². The number of rotatable bonds is 3. The van der Waals surface area contributed by atoms with Gasteiger partial charge in [0, 0.05) is 5.41 Å². The van der Waals surface area contributed by atoms with Crippen LogP contribution in [-0.2, 0) is 10.2 Å². The summed E-state index contributed by atoms with van der Waals surface area (Å²) in [6.45, 7) is 3.89. The second-order valence-corrected chi connectivity index (χ2v) is 8.31. The Morgan fingerprint density at radius 1 is 1.17 bits per heavy atom. The summed E-state index contributed by atoms with van der Waals surface area (Å²) in [4.78, 5) is 12.2. The topological polar surface area (TPSA) is 37.3 Å². The van der Waals surface area contributed by atoms with Gasteiger partial charge in [-0.2, -0.15) is 0 Å². The Morgan fingerprint density at radius 3 is 2.65 bits per heavy atom. The van der Waals surface area contributed by atoms with E-state index in [0.717, 1.165) is 25.7 Å². The first kappa shape index (κ1) is 13.6. The Morgan fingerprint density at radius 2 is 1.96 bits per heavy atom. The van der Waals surface area contributed by atoms with Gasteiger partial charge in [-0.05, 0) is 54.9 Å². The highest BCUT2D eigenvalue weighted by Crippen LogP contribution is 2.85. The molecule has 118 valence electrons. The van der Waals surface area contributed by atoms with Gasteiger partial charge < -0.3 is 5.11 Å². The van der Waals surface area contributed by atoms with E-state index in [9.17, 15) is 9.90 Å². The molecule has 1 N–H and O–H groups in total. The maximum absolute atomic E-state index is 12.2. The summed E-state index contributed by atoms with van der Waals surface area (Å²) in [7, 11) is 0. The highest BCUT2D eigenvalue weighted by Gasteiger charge is 2.80. The highest BCUT2D eigenvalue weighted by molar-refractivity contribution is 5.78. The molecule has 5 atom stereocenters. The summed E-state index contributed by atoms with van der Waals surface area (Å²) in [6.07, 6.45) is 8.94. The van der Waals surface area contributed by atoms with Crippen molar-refractivity contribution >= 4 is 5.97 Å². The number of hydrogen-bond donors (Lipinski definition) is 1. The number of benzene rings is 1. The summed E-state index contributed by atoms with van der Waals surface area (Å²) in [5.41, 5.74) is 2.63. The minimum atomic E-state index is -0.565. The van der Waals surface area contributed by atoms with E-state index >= 15 is 0 Å². The molecule has 23 heavy (non-hydrogen) atoms. The second-order valence-electron chi connectivity index (χ2n) is 8.31. The Labute approximate surface area is 136 Å². The summed E-state index contributed by atoms with van der Waals surface area (Å²) >= 11 is 0. The van der Waals surface area contributed by atoms with E-state index in [1.165, 1.54) is 17.6 Å². The monoisotopic (exact) mass is 306 g/mol. The van der Waals surface area contributed by atoms with Crippen molar-refractivity contribution in [2.75, 3.05) is 0 Å². The van der Waals surface area contributed by atoms with Crippen molar-refractivity contribution in [2.24, 2.45) is 22.7 Å². The van der Waals surface area contributed by atoms with Gasteiger partial charge >= 0.3 is 5.97 Å². The second kappa shape index (κ2) is 3.98. The predicted molar refractivity (Wildman–Crippen MR) is 89.0 cm³/mol. The third-order valence-corrected chi connectivity index (χ3v) is 7.68. The lowest BCUT2D eigenvalue weighted by Crippen LogP contribution is -2.55. The number of hydrogen-bond acceptors (Lipinski definition) is 1. The fraction of sp³-hybridized carbons (Fsp3) is 0.476. The van der Waals surface area contributed by atoms with E-state index in [1.807, 2.05) is 6.08 Å². The van der Waals surface area contributed by atoms with Crippen LogP contribution in [0.1, 0.15) is 37.7 Å². The van der Waals surface area contributed by atoms with Crippen LogP contribution in [0.5, 0.6) is 0 Å².